The lowest BCUT2D eigenvalue weighted by atomic mass is 10.0. The molecule has 0 aliphatic carbocycles. The molecule has 1 heterocycles. The van der Waals surface area contributed by atoms with Crippen LogP contribution in [0.5, 0.6) is 0 Å². The Kier molecular flexibility index (Phi) is 3.96. The van der Waals surface area contributed by atoms with Crippen molar-refractivity contribution in [2.24, 2.45) is 5.92 Å². The van der Waals surface area contributed by atoms with Gasteiger partial charge in [0.2, 0.25) is 10.0 Å². The normalized spacial score (nSPS) is 20.8. The maximum Gasteiger partial charge on any atom is 0.292 e. The number of sulfonamides is 1. The number of nitro groups is 1. The Hall–Kier alpha value is -1.67. The minimum atomic E-state index is -3.63. The summed E-state index contributed by atoms with van der Waals surface area (Å²) in [5.41, 5.74) is 5.13. The summed E-state index contributed by atoms with van der Waals surface area (Å²) in [4.78, 5) is 10.1. The van der Waals surface area contributed by atoms with Crippen molar-refractivity contribution < 1.29 is 13.3 Å². The van der Waals surface area contributed by atoms with Crippen LogP contribution in [0.15, 0.2) is 23.1 Å². The molecule has 8 heteroatoms. The van der Waals surface area contributed by atoms with Crippen molar-refractivity contribution in [1.29, 1.82) is 0 Å². The molecule has 0 spiro atoms. The van der Waals surface area contributed by atoms with Gasteiger partial charge < -0.3 is 5.73 Å². The van der Waals surface area contributed by atoms with Crippen molar-refractivity contribution in [3.8, 4) is 0 Å². The Morgan fingerprint density at radius 1 is 1.45 bits per heavy atom. The topological polar surface area (TPSA) is 107 Å². The molecule has 1 aromatic carbocycles. The monoisotopic (exact) mass is 299 g/mol. The molecule has 0 aromatic heterocycles. The third kappa shape index (κ3) is 2.75. The van der Waals surface area contributed by atoms with Crippen molar-refractivity contribution in [3.63, 3.8) is 0 Å². The second-order valence-electron chi connectivity index (χ2n) is 5.09. The molecule has 1 unspecified atom stereocenters. The molecule has 20 heavy (non-hydrogen) atoms. The average molecular weight is 299 g/mol. The predicted molar refractivity (Wildman–Crippen MR) is 74.7 cm³/mol. The van der Waals surface area contributed by atoms with Crippen LogP contribution in [-0.4, -0.2) is 30.7 Å². The molecule has 1 saturated heterocycles. The Morgan fingerprint density at radius 2 is 2.15 bits per heavy atom. The van der Waals surface area contributed by atoms with Gasteiger partial charge in [0.05, 0.1) is 9.82 Å². The van der Waals surface area contributed by atoms with Crippen LogP contribution in [0.25, 0.3) is 0 Å². The van der Waals surface area contributed by atoms with E-state index in [2.05, 4.69) is 0 Å². The summed E-state index contributed by atoms with van der Waals surface area (Å²) in [6, 6.07) is 3.53. The number of nitrogen functional groups attached to an aromatic ring is 1. The van der Waals surface area contributed by atoms with Gasteiger partial charge in [-0.05, 0) is 30.9 Å². The summed E-state index contributed by atoms with van der Waals surface area (Å²) < 4.78 is 26.4. The van der Waals surface area contributed by atoms with E-state index < -0.39 is 14.9 Å². The van der Waals surface area contributed by atoms with E-state index in [0.29, 0.717) is 19.0 Å². The van der Waals surface area contributed by atoms with E-state index in [1.807, 2.05) is 6.92 Å². The molecule has 1 fully saturated rings. The molecule has 110 valence electrons. The lowest BCUT2D eigenvalue weighted by Gasteiger charge is -2.30. The first-order chi connectivity index (χ1) is 9.32. The zero-order chi connectivity index (χ0) is 14.9. The van der Waals surface area contributed by atoms with Gasteiger partial charge in [-0.2, -0.15) is 4.31 Å². The molecule has 2 N–H and O–H groups in total. The smallest absolute Gasteiger partial charge is 0.292 e. The molecule has 1 atom stereocenters. The molecule has 1 aliphatic heterocycles. The number of rotatable bonds is 3. The molecule has 1 aromatic rings. The summed E-state index contributed by atoms with van der Waals surface area (Å²) in [6.45, 7) is 2.95. The van der Waals surface area contributed by atoms with E-state index in [-0.39, 0.29) is 16.3 Å². The van der Waals surface area contributed by atoms with E-state index in [1.165, 1.54) is 10.4 Å². The number of hydrogen-bond donors (Lipinski definition) is 1. The van der Waals surface area contributed by atoms with Gasteiger partial charge in [-0.15, -0.1) is 0 Å². The van der Waals surface area contributed by atoms with Crippen LogP contribution in [0.1, 0.15) is 19.8 Å². The van der Waals surface area contributed by atoms with Crippen molar-refractivity contribution in [3.05, 3.63) is 28.3 Å². The number of nitrogens with zero attached hydrogens (tertiary/aromatic N) is 2. The Labute approximate surface area is 117 Å². The zero-order valence-electron chi connectivity index (χ0n) is 11.2. The summed E-state index contributed by atoms with van der Waals surface area (Å²) in [5.74, 6) is 0.314. The first kappa shape index (κ1) is 14.7. The quantitative estimate of drug-likeness (QED) is 0.518. The van der Waals surface area contributed by atoms with Crippen LogP contribution < -0.4 is 5.73 Å². The van der Waals surface area contributed by atoms with Crippen molar-refractivity contribution in [2.45, 2.75) is 24.7 Å². The maximum absolute atomic E-state index is 12.5. The van der Waals surface area contributed by atoms with Crippen LogP contribution in [0, 0.1) is 16.0 Å². The Bertz CT molecular complexity index is 630. The van der Waals surface area contributed by atoms with Gasteiger partial charge in [-0.1, -0.05) is 6.92 Å². The molecule has 7 nitrogen and oxygen atoms in total. The zero-order valence-corrected chi connectivity index (χ0v) is 12.0. The highest BCUT2D eigenvalue weighted by Crippen LogP contribution is 2.28. The molecule has 0 radical (unpaired) electrons. The number of anilines is 1. The fourth-order valence-electron chi connectivity index (χ4n) is 2.37. The summed E-state index contributed by atoms with van der Waals surface area (Å²) in [7, 11) is -3.63. The number of piperidine rings is 1. The van der Waals surface area contributed by atoms with Gasteiger partial charge in [0.1, 0.15) is 5.69 Å². The molecular formula is C12H17N3O4S. The van der Waals surface area contributed by atoms with Crippen LogP contribution in [-0.2, 0) is 10.0 Å². The first-order valence-electron chi connectivity index (χ1n) is 6.36. The standard InChI is InChI=1S/C12H17N3O4S/c1-9-3-2-6-14(8-9)20(18,19)10-4-5-12(15(16)17)11(13)7-10/h4-5,7,9H,2-3,6,8,13H2,1H3. The van der Waals surface area contributed by atoms with Gasteiger partial charge in [0.15, 0.2) is 0 Å². The molecular weight excluding hydrogens is 282 g/mol. The summed E-state index contributed by atoms with van der Waals surface area (Å²) in [6.07, 6.45) is 1.83. The average Bonchev–Trinajstić information content (AvgIpc) is 2.38. The molecule has 0 amide bonds. The number of benzene rings is 1. The number of nitro benzene ring substituents is 1. The summed E-state index contributed by atoms with van der Waals surface area (Å²) in [5, 5.41) is 10.7. The molecule has 1 aliphatic rings. The van der Waals surface area contributed by atoms with Crippen LogP contribution in [0.4, 0.5) is 11.4 Å². The van der Waals surface area contributed by atoms with Gasteiger partial charge >= 0.3 is 0 Å². The van der Waals surface area contributed by atoms with Crippen LogP contribution >= 0.6 is 0 Å². The molecule has 2 rings (SSSR count). The molecule has 0 bridgehead atoms. The third-order valence-corrected chi connectivity index (χ3v) is 5.31. The maximum atomic E-state index is 12.5. The van der Waals surface area contributed by atoms with Crippen LogP contribution in [0.2, 0.25) is 0 Å². The highest BCUT2D eigenvalue weighted by molar-refractivity contribution is 7.89. The van der Waals surface area contributed by atoms with E-state index in [4.69, 9.17) is 5.73 Å². The van der Waals surface area contributed by atoms with Crippen molar-refractivity contribution in [1.82, 2.24) is 4.31 Å². The van der Waals surface area contributed by atoms with Gasteiger partial charge in [0, 0.05) is 19.2 Å². The second kappa shape index (κ2) is 5.37. The highest BCUT2D eigenvalue weighted by atomic mass is 32.2. The second-order valence-corrected chi connectivity index (χ2v) is 7.03. The fraction of sp³-hybridized carbons (Fsp3) is 0.500. The van der Waals surface area contributed by atoms with E-state index >= 15 is 0 Å². The van der Waals surface area contributed by atoms with Crippen molar-refractivity contribution in [2.75, 3.05) is 18.8 Å². The van der Waals surface area contributed by atoms with Gasteiger partial charge in [0.25, 0.3) is 5.69 Å². The van der Waals surface area contributed by atoms with Gasteiger partial charge in [-0.3, -0.25) is 10.1 Å². The largest absolute Gasteiger partial charge is 0.393 e. The minimum absolute atomic E-state index is 0.00898. The summed E-state index contributed by atoms with van der Waals surface area (Å²) >= 11 is 0. The predicted octanol–water partition coefficient (Wildman–Crippen LogP) is 1.60. The lowest BCUT2D eigenvalue weighted by Crippen LogP contribution is -2.39. The van der Waals surface area contributed by atoms with Crippen LogP contribution in [0.3, 0.4) is 0 Å². The van der Waals surface area contributed by atoms with E-state index in [9.17, 15) is 18.5 Å². The molecule has 0 saturated carbocycles. The van der Waals surface area contributed by atoms with Gasteiger partial charge in [-0.25, -0.2) is 8.42 Å². The lowest BCUT2D eigenvalue weighted by molar-refractivity contribution is -0.383. The fourth-order valence-corrected chi connectivity index (χ4v) is 4.01. The SMILES string of the molecule is CC1CCCN(S(=O)(=O)c2ccc([N+](=O)[O-])c(N)c2)C1. The third-order valence-electron chi connectivity index (χ3n) is 3.45. The Balaban J connectivity index is 2.34. The number of nitrogens with two attached hydrogens (primary N) is 1. The van der Waals surface area contributed by atoms with E-state index in [0.717, 1.165) is 25.0 Å². The first-order valence-corrected chi connectivity index (χ1v) is 7.80. The number of hydrogen-bond acceptors (Lipinski definition) is 5. The highest BCUT2D eigenvalue weighted by Gasteiger charge is 2.29. The Morgan fingerprint density at radius 3 is 2.70 bits per heavy atom. The minimum Gasteiger partial charge on any atom is -0.393 e. The van der Waals surface area contributed by atoms with E-state index in [1.54, 1.807) is 0 Å². The van der Waals surface area contributed by atoms with Crippen molar-refractivity contribution >= 4 is 21.4 Å².